The van der Waals surface area contributed by atoms with Crippen molar-refractivity contribution in [1.82, 2.24) is 14.9 Å². The third kappa shape index (κ3) is 7.25. The first kappa shape index (κ1) is 25.7. The molecule has 0 spiro atoms. The van der Waals surface area contributed by atoms with E-state index in [9.17, 15) is 8.42 Å². The zero-order valence-electron chi connectivity index (χ0n) is 17.7. The van der Waals surface area contributed by atoms with E-state index in [0.717, 1.165) is 35.2 Å². The Morgan fingerprint density at radius 3 is 2.57 bits per heavy atom. The number of sulfonamides is 1. The summed E-state index contributed by atoms with van der Waals surface area (Å²) in [5.74, 6) is 0.775. The first-order chi connectivity index (χ1) is 14.0. The quantitative estimate of drug-likeness (QED) is 0.299. The maximum atomic E-state index is 12.8. The molecule has 1 aromatic rings. The summed E-state index contributed by atoms with van der Waals surface area (Å²) >= 11 is 1.93. The number of aliphatic imine (C=N–C) groups is 1. The van der Waals surface area contributed by atoms with Crippen molar-refractivity contribution >= 4 is 51.7 Å². The van der Waals surface area contributed by atoms with Crippen LogP contribution in [0.1, 0.15) is 30.4 Å². The number of hydrogen-bond donors (Lipinski definition) is 2. The highest BCUT2D eigenvalue weighted by molar-refractivity contribution is 14.0. The van der Waals surface area contributed by atoms with Gasteiger partial charge in [0.05, 0.1) is 19.0 Å². The van der Waals surface area contributed by atoms with Crippen LogP contribution in [0.2, 0.25) is 0 Å². The number of hydrogen-bond acceptors (Lipinski definition) is 5. The van der Waals surface area contributed by atoms with Gasteiger partial charge in [0, 0.05) is 38.0 Å². The van der Waals surface area contributed by atoms with Crippen molar-refractivity contribution in [2.75, 3.05) is 39.6 Å². The van der Waals surface area contributed by atoms with Crippen LogP contribution in [0.15, 0.2) is 29.3 Å². The summed E-state index contributed by atoms with van der Waals surface area (Å²) < 4.78 is 32.4. The molecule has 1 saturated carbocycles. The molecule has 1 saturated heterocycles. The van der Waals surface area contributed by atoms with Crippen LogP contribution in [0.5, 0.6) is 0 Å². The molecule has 1 aromatic carbocycles. The van der Waals surface area contributed by atoms with Crippen LogP contribution in [0.4, 0.5) is 0 Å². The lowest BCUT2D eigenvalue weighted by Gasteiger charge is -2.26. The fourth-order valence-electron chi connectivity index (χ4n) is 3.84. The van der Waals surface area contributed by atoms with E-state index in [1.165, 1.54) is 10.7 Å². The SMILES string of the molecule is CN=C(NCc1ccccc1CS(=O)(=O)N1CCOCC1)NC1CCC(SC)C1.I. The average molecular weight is 569 g/mol. The molecule has 10 heteroatoms. The van der Waals surface area contributed by atoms with Crippen molar-refractivity contribution in [1.29, 1.82) is 0 Å². The predicted molar refractivity (Wildman–Crippen MR) is 135 cm³/mol. The predicted octanol–water partition coefficient (Wildman–Crippen LogP) is 2.42. The van der Waals surface area contributed by atoms with Gasteiger partial charge in [0.2, 0.25) is 10.0 Å². The van der Waals surface area contributed by atoms with Gasteiger partial charge >= 0.3 is 0 Å². The number of benzene rings is 1. The smallest absolute Gasteiger partial charge is 0.218 e. The molecule has 2 N–H and O–H groups in total. The molecule has 2 unspecified atom stereocenters. The largest absolute Gasteiger partial charge is 0.379 e. The van der Waals surface area contributed by atoms with Gasteiger partial charge in [-0.3, -0.25) is 4.99 Å². The van der Waals surface area contributed by atoms with Gasteiger partial charge in [-0.15, -0.1) is 24.0 Å². The monoisotopic (exact) mass is 568 g/mol. The second kappa shape index (κ2) is 12.5. The van der Waals surface area contributed by atoms with Crippen molar-refractivity contribution in [2.45, 2.75) is 42.9 Å². The van der Waals surface area contributed by atoms with Gasteiger partial charge in [-0.05, 0) is 36.6 Å². The first-order valence-corrected chi connectivity index (χ1v) is 13.0. The molecule has 0 amide bonds. The second-order valence-corrected chi connectivity index (χ2v) is 10.6. The van der Waals surface area contributed by atoms with E-state index < -0.39 is 10.0 Å². The highest BCUT2D eigenvalue weighted by Crippen LogP contribution is 2.28. The number of nitrogens with one attached hydrogen (secondary N) is 2. The molecule has 30 heavy (non-hydrogen) atoms. The minimum atomic E-state index is -3.35. The summed E-state index contributed by atoms with van der Waals surface area (Å²) in [6.45, 7) is 2.31. The van der Waals surface area contributed by atoms with Crippen LogP contribution in [0.3, 0.4) is 0 Å². The van der Waals surface area contributed by atoms with Crippen molar-refractivity contribution in [3.8, 4) is 0 Å². The van der Waals surface area contributed by atoms with Gasteiger partial charge in [-0.1, -0.05) is 24.3 Å². The normalized spacial score (nSPS) is 23.1. The second-order valence-electron chi connectivity index (χ2n) is 7.47. The number of ether oxygens (including phenoxy) is 1. The molecule has 1 heterocycles. The summed E-state index contributed by atoms with van der Waals surface area (Å²) in [7, 11) is -1.58. The Balaban J connectivity index is 0.00000320. The summed E-state index contributed by atoms with van der Waals surface area (Å²) in [4.78, 5) is 4.34. The van der Waals surface area contributed by atoms with Gasteiger partial charge in [0.1, 0.15) is 0 Å². The van der Waals surface area contributed by atoms with Gasteiger partial charge < -0.3 is 15.4 Å². The van der Waals surface area contributed by atoms with Crippen molar-refractivity contribution in [2.24, 2.45) is 4.99 Å². The summed E-state index contributed by atoms with van der Waals surface area (Å²) in [6.07, 6.45) is 5.71. The number of nitrogens with zero attached hydrogens (tertiary/aromatic N) is 2. The van der Waals surface area contributed by atoms with E-state index in [4.69, 9.17) is 4.74 Å². The van der Waals surface area contributed by atoms with Crippen LogP contribution >= 0.6 is 35.7 Å². The Morgan fingerprint density at radius 1 is 1.23 bits per heavy atom. The van der Waals surface area contributed by atoms with E-state index in [1.807, 2.05) is 36.0 Å². The molecule has 2 atom stereocenters. The number of rotatable bonds is 7. The van der Waals surface area contributed by atoms with Crippen LogP contribution in [0.25, 0.3) is 0 Å². The first-order valence-electron chi connectivity index (χ1n) is 10.1. The zero-order valence-corrected chi connectivity index (χ0v) is 21.6. The van der Waals surface area contributed by atoms with E-state index in [-0.39, 0.29) is 29.7 Å². The molecule has 2 fully saturated rings. The Morgan fingerprint density at radius 2 is 1.93 bits per heavy atom. The minimum absolute atomic E-state index is 0. The molecular formula is C20H33IN4O3S2. The maximum Gasteiger partial charge on any atom is 0.218 e. The molecule has 2 aliphatic rings. The van der Waals surface area contributed by atoms with Crippen molar-refractivity contribution in [3.63, 3.8) is 0 Å². The highest BCUT2D eigenvalue weighted by atomic mass is 127. The van der Waals surface area contributed by atoms with E-state index >= 15 is 0 Å². The number of morpholine rings is 1. The zero-order chi connectivity index (χ0) is 20.7. The van der Waals surface area contributed by atoms with Crippen molar-refractivity contribution < 1.29 is 13.2 Å². The summed E-state index contributed by atoms with van der Waals surface area (Å²) in [6, 6.07) is 8.14. The Kier molecular flexibility index (Phi) is 10.7. The fourth-order valence-corrected chi connectivity index (χ4v) is 6.19. The molecule has 7 nitrogen and oxygen atoms in total. The van der Waals surface area contributed by atoms with Gasteiger partial charge in [0.25, 0.3) is 0 Å². The van der Waals surface area contributed by atoms with Gasteiger partial charge in [-0.25, -0.2) is 8.42 Å². The van der Waals surface area contributed by atoms with E-state index in [0.29, 0.717) is 38.9 Å². The van der Waals surface area contributed by atoms with Crippen molar-refractivity contribution in [3.05, 3.63) is 35.4 Å². The lowest BCUT2D eigenvalue weighted by Crippen LogP contribution is -2.42. The third-order valence-electron chi connectivity index (χ3n) is 5.55. The van der Waals surface area contributed by atoms with Gasteiger partial charge in [-0.2, -0.15) is 16.1 Å². The van der Waals surface area contributed by atoms with E-state index in [2.05, 4.69) is 21.9 Å². The van der Waals surface area contributed by atoms with Gasteiger partial charge in [0.15, 0.2) is 5.96 Å². The highest BCUT2D eigenvalue weighted by Gasteiger charge is 2.26. The topological polar surface area (TPSA) is 83.0 Å². The Labute approximate surface area is 201 Å². The number of guanidine groups is 1. The molecule has 0 aromatic heterocycles. The summed E-state index contributed by atoms with van der Waals surface area (Å²) in [5, 5.41) is 7.58. The maximum absolute atomic E-state index is 12.8. The molecule has 0 radical (unpaired) electrons. The lowest BCUT2D eigenvalue weighted by atomic mass is 10.1. The molecule has 170 valence electrons. The molecular weight excluding hydrogens is 535 g/mol. The van der Waals surface area contributed by atoms with Crippen LogP contribution in [-0.4, -0.2) is 69.6 Å². The van der Waals surface area contributed by atoms with Crippen LogP contribution in [-0.2, 0) is 27.1 Å². The molecule has 3 rings (SSSR count). The molecule has 0 bridgehead atoms. The summed E-state index contributed by atoms with van der Waals surface area (Å²) in [5.41, 5.74) is 1.80. The Bertz CT molecular complexity index is 801. The van der Waals surface area contributed by atoms with Crippen LogP contribution in [0, 0.1) is 0 Å². The Hall–Kier alpha value is -0.560. The minimum Gasteiger partial charge on any atom is -0.379 e. The van der Waals surface area contributed by atoms with Crippen LogP contribution < -0.4 is 10.6 Å². The standard InChI is InChI=1S/C20H32N4O3S2.HI/c1-21-20(23-18-7-8-19(13-18)28-2)22-14-16-5-3-4-6-17(16)15-29(25,26)24-9-11-27-12-10-24;/h3-6,18-19H,7-15H2,1-2H3,(H2,21,22,23);1H. The lowest BCUT2D eigenvalue weighted by molar-refractivity contribution is 0.0729. The number of halogens is 1. The molecule has 1 aliphatic heterocycles. The third-order valence-corrected chi connectivity index (χ3v) is 8.47. The fraction of sp³-hybridized carbons (Fsp3) is 0.650. The number of thioether (sulfide) groups is 1. The molecule has 1 aliphatic carbocycles. The van der Waals surface area contributed by atoms with E-state index in [1.54, 1.807) is 7.05 Å². The average Bonchev–Trinajstić information content (AvgIpc) is 3.20.